The zero-order chi connectivity index (χ0) is 12.3. The maximum absolute atomic E-state index is 12.1. The first-order valence-corrected chi connectivity index (χ1v) is 6.54. The smallest absolute Gasteiger partial charge is 0.251 e. The van der Waals surface area contributed by atoms with Gasteiger partial charge in [-0.15, -0.1) is 0 Å². The van der Waals surface area contributed by atoms with Gasteiger partial charge in [0.1, 0.15) is 0 Å². The van der Waals surface area contributed by atoms with Gasteiger partial charge in [-0.2, -0.15) is 0 Å². The van der Waals surface area contributed by atoms with Gasteiger partial charge in [0, 0.05) is 11.6 Å². The molecule has 1 aromatic rings. The van der Waals surface area contributed by atoms with Crippen LogP contribution in [0.3, 0.4) is 0 Å². The van der Waals surface area contributed by atoms with Crippen molar-refractivity contribution in [1.82, 2.24) is 5.32 Å². The molecule has 2 heteroatoms. The molecule has 1 aliphatic carbocycles. The maximum atomic E-state index is 12.1. The molecular weight excluding hydrogens is 210 g/mol. The molecule has 92 valence electrons. The van der Waals surface area contributed by atoms with Crippen LogP contribution in [-0.2, 0) is 0 Å². The van der Waals surface area contributed by atoms with Gasteiger partial charge in [-0.25, -0.2) is 0 Å². The topological polar surface area (TPSA) is 29.1 Å². The van der Waals surface area contributed by atoms with Crippen molar-refractivity contribution >= 4 is 5.91 Å². The SMILES string of the molecule is C[C@H]1[C@@H](C)CCC[C@H]1NC(=O)c1ccccc1. The highest BCUT2D eigenvalue weighted by Gasteiger charge is 2.28. The minimum absolute atomic E-state index is 0.0663. The zero-order valence-corrected chi connectivity index (χ0v) is 10.6. The van der Waals surface area contributed by atoms with Crippen molar-refractivity contribution < 1.29 is 4.79 Å². The zero-order valence-electron chi connectivity index (χ0n) is 10.6. The second-order valence-corrected chi connectivity index (χ2v) is 5.21. The highest BCUT2D eigenvalue weighted by atomic mass is 16.1. The lowest BCUT2D eigenvalue weighted by Crippen LogP contribution is -2.43. The molecule has 0 spiro atoms. The van der Waals surface area contributed by atoms with E-state index in [1.807, 2.05) is 30.3 Å². The van der Waals surface area contributed by atoms with Crippen molar-refractivity contribution in [3.63, 3.8) is 0 Å². The summed E-state index contributed by atoms with van der Waals surface area (Å²) in [5.74, 6) is 1.36. The molecule has 0 radical (unpaired) electrons. The van der Waals surface area contributed by atoms with Crippen molar-refractivity contribution in [2.75, 3.05) is 0 Å². The van der Waals surface area contributed by atoms with Crippen LogP contribution in [0.1, 0.15) is 43.5 Å². The number of carbonyl (C=O) groups excluding carboxylic acids is 1. The molecule has 2 rings (SSSR count). The molecule has 3 atom stereocenters. The van der Waals surface area contributed by atoms with Crippen LogP contribution in [-0.4, -0.2) is 11.9 Å². The average molecular weight is 231 g/mol. The van der Waals surface area contributed by atoms with Crippen LogP contribution in [0.5, 0.6) is 0 Å². The van der Waals surface area contributed by atoms with Gasteiger partial charge >= 0.3 is 0 Å². The van der Waals surface area contributed by atoms with Crippen LogP contribution in [0.4, 0.5) is 0 Å². The van der Waals surface area contributed by atoms with Gasteiger partial charge in [0.05, 0.1) is 0 Å². The summed E-state index contributed by atoms with van der Waals surface area (Å²) in [5.41, 5.74) is 0.762. The summed E-state index contributed by atoms with van der Waals surface area (Å²) in [6, 6.07) is 9.82. The van der Waals surface area contributed by atoms with Gasteiger partial charge in [-0.3, -0.25) is 4.79 Å². The lowest BCUT2D eigenvalue weighted by atomic mass is 9.78. The Balaban J connectivity index is 1.99. The van der Waals surface area contributed by atoms with Crippen LogP contribution in [0, 0.1) is 11.8 Å². The van der Waals surface area contributed by atoms with Gasteiger partial charge in [-0.05, 0) is 30.4 Å². The van der Waals surface area contributed by atoms with E-state index in [2.05, 4.69) is 19.2 Å². The Morgan fingerprint density at radius 2 is 1.88 bits per heavy atom. The van der Waals surface area contributed by atoms with Crippen molar-refractivity contribution in [2.24, 2.45) is 11.8 Å². The Kier molecular flexibility index (Phi) is 3.82. The number of hydrogen-bond acceptors (Lipinski definition) is 1. The lowest BCUT2D eigenvalue weighted by Gasteiger charge is -2.34. The Labute approximate surface area is 103 Å². The van der Waals surface area contributed by atoms with E-state index in [1.54, 1.807) is 0 Å². The first-order chi connectivity index (χ1) is 8.18. The lowest BCUT2D eigenvalue weighted by molar-refractivity contribution is 0.0891. The molecule has 0 unspecified atom stereocenters. The van der Waals surface area contributed by atoms with Crippen LogP contribution in [0.25, 0.3) is 0 Å². The van der Waals surface area contributed by atoms with E-state index in [1.165, 1.54) is 12.8 Å². The van der Waals surface area contributed by atoms with Crippen LogP contribution < -0.4 is 5.32 Å². The summed E-state index contributed by atoms with van der Waals surface area (Å²) >= 11 is 0. The van der Waals surface area contributed by atoms with Crippen LogP contribution in [0.15, 0.2) is 30.3 Å². The minimum atomic E-state index is 0.0663. The second-order valence-electron chi connectivity index (χ2n) is 5.21. The average Bonchev–Trinajstić information content (AvgIpc) is 2.36. The Morgan fingerprint density at radius 1 is 1.18 bits per heavy atom. The van der Waals surface area contributed by atoms with Gasteiger partial charge in [-0.1, -0.05) is 44.9 Å². The van der Waals surface area contributed by atoms with Crippen LogP contribution in [0.2, 0.25) is 0 Å². The standard InChI is InChI=1S/C15H21NO/c1-11-7-6-10-14(12(11)2)16-15(17)13-8-4-3-5-9-13/h3-5,8-9,11-12,14H,6-7,10H2,1-2H3,(H,16,17)/t11-,12-,14+/m0/s1. The molecule has 0 aromatic heterocycles. The Bertz CT molecular complexity index is 374. The first kappa shape index (κ1) is 12.2. The highest BCUT2D eigenvalue weighted by Crippen LogP contribution is 2.29. The summed E-state index contributed by atoms with van der Waals surface area (Å²) in [6.07, 6.45) is 3.63. The van der Waals surface area contributed by atoms with Crippen LogP contribution >= 0.6 is 0 Å². The highest BCUT2D eigenvalue weighted by molar-refractivity contribution is 5.94. The number of rotatable bonds is 2. The normalized spacial score (nSPS) is 28.7. The van der Waals surface area contributed by atoms with Crippen molar-refractivity contribution in [2.45, 2.75) is 39.2 Å². The van der Waals surface area contributed by atoms with E-state index in [4.69, 9.17) is 0 Å². The Hall–Kier alpha value is -1.31. The number of nitrogens with one attached hydrogen (secondary N) is 1. The van der Waals surface area contributed by atoms with Gasteiger partial charge in [0.25, 0.3) is 5.91 Å². The van der Waals surface area contributed by atoms with E-state index >= 15 is 0 Å². The van der Waals surface area contributed by atoms with Crippen molar-refractivity contribution in [3.05, 3.63) is 35.9 Å². The predicted molar refractivity (Wildman–Crippen MR) is 69.9 cm³/mol. The third-order valence-electron chi connectivity index (χ3n) is 4.06. The number of amides is 1. The predicted octanol–water partition coefficient (Wildman–Crippen LogP) is 3.24. The molecule has 1 fully saturated rings. The fraction of sp³-hybridized carbons (Fsp3) is 0.533. The summed E-state index contributed by atoms with van der Waals surface area (Å²) < 4.78 is 0. The summed E-state index contributed by atoms with van der Waals surface area (Å²) in [4.78, 5) is 12.1. The van der Waals surface area contributed by atoms with E-state index in [0.717, 1.165) is 12.0 Å². The minimum Gasteiger partial charge on any atom is -0.349 e. The first-order valence-electron chi connectivity index (χ1n) is 6.54. The summed E-state index contributed by atoms with van der Waals surface area (Å²) in [5, 5.41) is 3.18. The molecule has 0 saturated heterocycles. The molecule has 1 aliphatic rings. The second kappa shape index (κ2) is 5.35. The molecule has 17 heavy (non-hydrogen) atoms. The van der Waals surface area contributed by atoms with Gasteiger partial charge in [0.15, 0.2) is 0 Å². The fourth-order valence-electron chi connectivity index (χ4n) is 2.63. The largest absolute Gasteiger partial charge is 0.349 e. The van der Waals surface area contributed by atoms with Gasteiger partial charge < -0.3 is 5.32 Å². The molecule has 0 heterocycles. The number of hydrogen-bond donors (Lipinski definition) is 1. The van der Waals surface area contributed by atoms with E-state index < -0.39 is 0 Å². The maximum Gasteiger partial charge on any atom is 0.251 e. The molecule has 1 N–H and O–H groups in total. The molecule has 0 bridgehead atoms. The number of carbonyl (C=O) groups is 1. The van der Waals surface area contributed by atoms with E-state index in [0.29, 0.717) is 17.9 Å². The molecular formula is C15H21NO. The number of benzene rings is 1. The molecule has 2 nitrogen and oxygen atoms in total. The molecule has 0 aliphatic heterocycles. The molecule has 1 saturated carbocycles. The third-order valence-corrected chi connectivity index (χ3v) is 4.06. The summed E-state index contributed by atoms with van der Waals surface area (Å²) in [7, 11) is 0. The summed E-state index contributed by atoms with van der Waals surface area (Å²) in [6.45, 7) is 4.53. The van der Waals surface area contributed by atoms with Crippen molar-refractivity contribution in [3.8, 4) is 0 Å². The van der Waals surface area contributed by atoms with E-state index in [9.17, 15) is 4.79 Å². The van der Waals surface area contributed by atoms with Crippen molar-refractivity contribution in [1.29, 1.82) is 0 Å². The molecule has 1 aromatic carbocycles. The quantitative estimate of drug-likeness (QED) is 0.831. The van der Waals surface area contributed by atoms with Gasteiger partial charge in [0.2, 0.25) is 0 Å². The molecule has 1 amide bonds. The fourth-order valence-corrected chi connectivity index (χ4v) is 2.63. The third kappa shape index (κ3) is 2.87. The monoisotopic (exact) mass is 231 g/mol. The Morgan fingerprint density at radius 3 is 2.59 bits per heavy atom. The van der Waals surface area contributed by atoms with E-state index in [-0.39, 0.29) is 5.91 Å².